The standard InChI is InChI=1S/C41H54N8O2Si/c1-52(2,3)25-24-51-30-49-39-15-12-32(26-38(39)46-40(49)41(50)43-17-9-23-47-19-5-4-6-20-47)36-27-37(34-28-42-18-16-35(34)45-36)44-33-13-10-31(11-14-33)29-48-21-7-8-22-48/h10-16,18,26-28H,4-9,17,19-25,29-30H2,1-3H3,(H,43,50)(H,44,45). The third kappa shape index (κ3) is 9.24. The average Bonchev–Trinajstić information content (AvgIpc) is 3.80. The number of carbonyl (C=O) groups is 1. The number of rotatable bonds is 15. The first-order valence-electron chi connectivity index (χ1n) is 19.2. The fraction of sp³-hybridized carbons (Fsp3) is 0.463. The number of pyridine rings is 2. The van der Waals surface area contributed by atoms with Gasteiger partial charge in [0.1, 0.15) is 6.73 Å². The van der Waals surface area contributed by atoms with Gasteiger partial charge in [0.25, 0.3) is 5.91 Å². The molecule has 7 rings (SSSR count). The van der Waals surface area contributed by atoms with Crippen molar-refractivity contribution in [2.24, 2.45) is 0 Å². The van der Waals surface area contributed by atoms with Crippen molar-refractivity contribution in [3.8, 4) is 11.3 Å². The van der Waals surface area contributed by atoms with Crippen LogP contribution in [0, 0.1) is 0 Å². The number of likely N-dealkylation sites (tertiary alicyclic amines) is 2. The summed E-state index contributed by atoms with van der Waals surface area (Å²) in [7, 11) is -1.26. The van der Waals surface area contributed by atoms with Gasteiger partial charge in [-0.2, -0.15) is 0 Å². The molecule has 3 aromatic heterocycles. The van der Waals surface area contributed by atoms with Crippen molar-refractivity contribution in [1.29, 1.82) is 0 Å². The third-order valence-electron chi connectivity index (χ3n) is 10.3. The van der Waals surface area contributed by atoms with Crippen LogP contribution in [-0.2, 0) is 18.0 Å². The fourth-order valence-corrected chi connectivity index (χ4v) is 8.02. The number of hydrogen-bond acceptors (Lipinski definition) is 8. The van der Waals surface area contributed by atoms with Gasteiger partial charge in [-0.25, -0.2) is 9.97 Å². The Morgan fingerprint density at radius 1 is 0.865 bits per heavy atom. The first kappa shape index (κ1) is 36.2. The lowest BCUT2D eigenvalue weighted by Gasteiger charge is -2.26. The zero-order valence-electron chi connectivity index (χ0n) is 31.2. The summed E-state index contributed by atoms with van der Waals surface area (Å²) in [6.45, 7) is 15.3. The summed E-state index contributed by atoms with van der Waals surface area (Å²) in [6.07, 6.45) is 11.0. The van der Waals surface area contributed by atoms with Gasteiger partial charge in [-0.05, 0) is 113 Å². The number of nitrogens with zero attached hydrogens (tertiary/aromatic N) is 6. The average molecular weight is 719 g/mol. The second kappa shape index (κ2) is 16.7. The molecule has 0 atom stereocenters. The monoisotopic (exact) mass is 718 g/mol. The topological polar surface area (TPSA) is 100 Å². The molecule has 52 heavy (non-hydrogen) atoms. The molecular formula is C41H54N8O2Si. The zero-order valence-corrected chi connectivity index (χ0v) is 32.2. The number of carbonyl (C=O) groups excluding carboxylic acids is 1. The second-order valence-corrected chi connectivity index (χ2v) is 21.3. The Hall–Kier alpha value is -4.16. The lowest BCUT2D eigenvalue weighted by Crippen LogP contribution is -2.34. The first-order valence-corrected chi connectivity index (χ1v) is 22.9. The summed E-state index contributed by atoms with van der Waals surface area (Å²) in [4.78, 5) is 33.0. The smallest absolute Gasteiger partial charge is 0.287 e. The van der Waals surface area contributed by atoms with Gasteiger partial charge in [0.2, 0.25) is 5.82 Å². The number of anilines is 2. The molecule has 2 N–H and O–H groups in total. The molecule has 0 unspecified atom stereocenters. The van der Waals surface area contributed by atoms with Crippen molar-refractivity contribution in [1.82, 2.24) is 34.6 Å². The lowest BCUT2D eigenvalue weighted by atomic mass is 10.1. The van der Waals surface area contributed by atoms with E-state index in [0.717, 1.165) is 83.2 Å². The Morgan fingerprint density at radius 2 is 1.63 bits per heavy atom. The second-order valence-electron chi connectivity index (χ2n) is 15.7. The first-order chi connectivity index (χ1) is 25.3. The Labute approximate surface area is 309 Å². The molecule has 2 fully saturated rings. The number of fused-ring (bicyclic) bond motifs is 2. The minimum atomic E-state index is -1.26. The van der Waals surface area contributed by atoms with Crippen molar-refractivity contribution in [3.63, 3.8) is 0 Å². The van der Waals surface area contributed by atoms with Gasteiger partial charge in [0.15, 0.2) is 0 Å². The van der Waals surface area contributed by atoms with E-state index in [1.807, 2.05) is 29.0 Å². The van der Waals surface area contributed by atoms with E-state index in [-0.39, 0.29) is 12.6 Å². The van der Waals surface area contributed by atoms with E-state index in [9.17, 15) is 4.79 Å². The molecule has 2 aliphatic heterocycles. The molecule has 5 heterocycles. The van der Waals surface area contributed by atoms with Crippen LogP contribution < -0.4 is 10.6 Å². The molecule has 2 aromatic carbocycles. The summed E-state index contributed by atoms with van der Waals surface area (Å²) >= 11 is 0. The number of hydrogen-bond donors (Lipinski definition) is 2. The van der Waals surface area contributed by atoms with Gasteiger partial charge < -0.3 is 20.3 Å². The molecule has 5 aromatic rings. The van der Waals surface area contributed by atoms with Gasteiger partial charge in [-0.1, -0.05) is 44.3 Å². The van der Waals surface area contributed by atoms with E-state index in [4.69, 9.17) is 14.7 Å². The molecule has 0 radical (unpaired) electrons. The van der Waals surface area contributed by atoms with Crippen LogP contribution in [0.5, 0.6) is 0 Å². The maximum atomic E-state index is 13.6. The molecule has 1 amide bonds. The van der Waals surface area contributed by atoms with Crippen LogP contribution >= 0.6 is 0 Å². The summed E-state index contributed by atoms with van der Waals surface area (Å²) < 4.78 is 8.10. The zero-order chi connectivity index (χ0) is 35.9. The van der Waals surface area contributed by atoms with E-state index >= 15 is 0 Å². The number of amides is 1. The van der Waals surface area contributed by atoms with Crippen molar-refractivity contribution >= 4 is 47.3 Å². The molecule has 274 valence electrons. The van der Waals surface area contributed by atoms with Crippen molar-refractivity contribution in [3.05, 3.63) is 78.4 Å². The SMILES string of the molecule is C[Si](C)(C)CCOCn1c(C(=O)NCCCN2CCCCC2)nc2cc(-c3cc(Nc4ccc(CN5CCCC5)cc4)c4cnccc4n3)ccc21. The summed E-state index contributed by atoms with van der Waals surface area (Å²) in [5.41, 5.74) is 7.48. The minimum Gasteiger partial charge on any atom is -0.361 e. The lowest BCUT2D eigenvalue weighted by molar-refractivity contribution is 0.0801. The van der Waals surface area contributed by atoms with Gasteiger partial charge >= 0.3 is 0 Å². The Bertz CT molecular complexity index is 1960. The van der Waals surface area contributed by atoms with Gasteiger partial charge in [0.05, 0.1) is 27.9 Å². The van der Waals surface area contributed by atoms with Crippen LogP contribution in [-0.4, -0.2) is 89.2 Å². The highest BCUT2D eigenvalue weighted by Gasteiger charge is 2.20. The quantitative estimate of drug-likeness (QED) is 0.0833. The molecule has 10 nitrogen and oxygen atoms in total. The van der Waals surface area contributed by atoms with Gasteiger partial charge in [-0.15, -0.1) is 0 Å². The predicted molar refractivity (Wildman–Crippen MR) is 214 cm³/mol. The Kier molecular flexibility index (Phi) is 11.6. The van der Waals surface area contributed by atoms with E-state index in [1.54, 1.807) is 6.20 Å². The fourth-order valence-electron chi connectivity index (χ4n) is 7.26. The van der Waals surface area contributed by atoms with E-state index < -0.39 is 8.07 Å². The Balaban J connectivity index is 1.13. The number of ether oxygens (including phenoxy) is 1. The molecule has 0 spiro atoms. The number of nitrogens with one attached hydrogen (secondary N) is 2. The van der Waals surface area contributed by atoms with Crippen LogP contribution in [0.2, 0.25) is 25.7 Å². The molecule has 2 aliphatic rings. The number of piperidine rings is 1. The van der Waals surface area contributed by atoms with Crippen molar-refractivity contribution in [2.45, 2.75) is 77.5 Å². The van der Waals surface area contributed by atoms with E-state index in [0.29, 0.717) is 19.0 Å². The molecular weight excluding hydrogens is 665 g/mol. The molecule has 0 saturated carbocycles. The van der Waals surface area contributed by atoms with Gasteiger partial charge in [-0.3, -0.25) is 19.2 Å². The number of benzene rings is 2. The molecule has 2 saturated heterocycles. The van der Waals surface area contributed by atoms with Crippen LogP contribution in [0.1, 0.15) is 54.7 Å². The summed E-state index contributed by atoms with van der Waals surface area (Å²) in [6, 6.07) is 20.0. The highest BCUT2D eigenvalue weighted by molar-refractivity contribution is 6.76. The van der Waals surface area contributed by atoms with Crippen LogP contribution in [0.25, 0.3) is 33.2 Å². The highest BCUT2D eigenvalue weighted by Crippen LogP contribution is 2.32. The van der Waals surface area contributed by atoms with Crippen molar-refractivity contribution < 1.29 is 9.53 Å². The summed E-state index contributed by atoms with van der Waals surface area (Å²) in [5.74, 6) is 0.214. The maximum Gasteiger partial charge on any atom is 0.287 e. The largest absolute Gasteiger partial charge is 0.361 e. The Morgan fingerprint density at radius 3 is 2.42 bits per heavy atom. The minimum absolute atomic E-state index is 0.167. The van der Waals surface area contributed by atoms with Crippen LogP contribution in [0.4, 0.5) is 11.4 Å². The van der Waals surface area contributed by atoms with Crippen molar-refractivity contribution in [2.75, 3.05) is 51.2 Å². The summed E-state index contributed by atoms with van der Waals surface area (Å²) in [5, 5.41) is 7.74. The number of aromatic nitrogens is 4. The maximum absolute atomic E-state index is 13.6. The van der Waals surface area contributed by atoms with Gasteiger partial charge in [0, 0.05) is 56.8 Å². The highest BCUT2D eigenvalue weighted by atomic mass is 28.3. The predicted octanol–water partition coefficient (Wildman–Crippen LogP) is 7.90. The normalized spacial score (nSPS) is 15.8. The number of imidazole rings is 1. The van der Waals surface area contributed by atoms with E-state index in [1.165, 1.54) is 50.8 Å². The third-order valence-corrected chi connectivity index (χ3v) is 12.0. The molecule has 0 aliphatic carbocycles. The van der Waals surface area contributed by atoms with Crippen LogP contribution in [0.3, 0.4) is 0 Å². The molecule has 0 bridgehead atoms. The van der Waals surface area contributed by atoms with E-state index in [2.05, 4.69) is 81.5 Å². The molecule has 11 heteroatoms. The van der Waals surface area contributed by atoms with Crippen LogP contribution in [0.15, 0.2) is 67.0 Å².